The molecule has 0 spiro atoms. The molecule has 15 heavy (non-hydrogen) atoms. The van der Waals surface area contributed by atoms with E-state index in [-0.39, 0.29) is 0 Å². The first-order valence-electron chi connectivity index (χ1n) is 5.88. The summed E-state index contributed by atoms with van der Waals surface area (Å²) in [5.74, 6) is 0. The van der Waals surface area contributed by atoms with Crippen molar-refractivity contribution in [1.29, 1.82) is 0 Å². The second-order valence-corrected chi connectivity index (χ2v) is 4.39. The Morgan fingerprint density at radius 1 is 1.27 bits per heavy atom. The lowest BCUT2D eigenvalue weighted by atomic mass is 10.1. The molecule has 1 fully saturated rings. The van der Waals surface area contributed by atoms with E-state index in [0.29, 0.717) is 6.04 Å². The van der Waals surface area contributed by atoms with Gasteiger partial charge in [-0.3, -0.25) is 0 Å². The van der Waals surface area contributed by atoms with Crippen molar-refractivity contribution in [2.24, 2.45) is 0 Å². The van der Waals surface area contributed by atoms with Gasteiger partial charge < -0.3 is 10.6 Å². The molecule has 2 nitrogen and oxygen atoms in total. The Hall–Kier alpha value is -1.02. The summed E-state index contributed by atoms with van der Waals surface area (Å²) >= 11 is 0. The molecule has 0 amide bonds. The molecule has 1 aliphatic rings. The van der Waals surface area contributed by atoms with Crippen LogP contribution in [0.25, 0.3) is 0 Å². The van der Waals surface area contributed by atoms with Crippen molar-refractivity contribution < 1.29 is 0 Å². The van der Waals surface area contributed by atoms with E-state index in [4.69, 9.17) is 0 Å². The van der Waals surface area contributed by atoms with E-state index in [0.717, 1.165) is 6.54 Å². The Kier molecular flexibility index (Phi) is 3.62. The van der Waals surface area contributed by atoms with Crippen molar-refractivity contribution in [1.82, 2.24) is 5.32 Å². The van der Waals surface area contributed by atoms with Crippen LogP contribution < -0.4 is 10.6 Å². The quantitative estimate of drug-likeness (QED) is 0.790. The van der Waals surface area contributed by atoms with E-state index in [2.05, 4.69) is 41.8 Å². The molecular formula is C13H20N2. The Morgan fingerprint density at radius 3 is 2.73 bits per heavy atom. The van der Waals surface area contributed by atoms with E-state index in [1.165, 1.54) is 37.1 Å². The van der Waals surface area contributed by atoms with Crippen LogP contribution in [0.3, 0.4) is 0 Å². The summed E-state index contributed by atoms with van der Waals surface area (Å²) < 4.78 is 0. The highest BCUT2D eigenvalue weighted by molar-refractivity contribution is 5.44. The first-order chi connectivity index (χ1) is 7.34. The molecule has 0 aromatic heterocycles. The fourth-order valence-corrected chi connectivity index (χ4v) is 2.01. The van der Waals surface area contributed by atoms with Crippen LogP contribution >= 0.6 is 0 Å². The molecule has 0 bridgehead atoms. The number of piperidine rings is 1. The van der Waals surface area contributed by atoms with Crippen LogP contribution in [-0.2, 0) is 0 Å². The van der Waals surface area contributed by atoms with Crippen molar-refractivity contribution >= 4 is 5.69 Å². The summed E-state index contributed by atoms with van der Waals surface area (Å²) in [4.78, 5) is 0. The van der Waals surface area contributed by atoms with Crippen LogP contribution in [0.2, 0.25) is 0 Å². The lowest BCUT2D eigenvalue weighted by molar-refractivity contribution is 0.414. The van der Waals surface area contributed by atoms with Crippen molar-refractivity contribution in [3.05, 3.63) is 29.8 Å². The number of nitrogens with one attached hydrogen (secondary N) is 2. The average molecular weight is 204 g/mol. The highest BCUT2D eigenvalue weighted by atomic mass is 15.0. The third kappa shape index (κ3) is 3.24. The van der Waals surface area contributed by atoms with Crippen LogP contribution in [-0.4, -0.2) is 19.1 Å². The third-order valence-corrected chi connectivity index (χ3v) is 3.02. The van der Waals surface area contributed by atoms with Gasteiger partial charge in [-0.15, -0.1) is 0 Å². The van der Waals surface area contributed by atoms with Gasteiger partial charge in [0.1, 0.15) is 0 Å². The van der Waals surface area contributed by atoms with Crippen LogP contribution in [0.5, 0.6) is 0 Å². The minimum atomic E-state index is 0.653. The Morgan fingerprint density at radius 2 is 2.07 bits per heavy atom. The van der Waals surface area contributed by atoms with E-state index in [1.807, 2.05) is 0 Å². The average Bonchev–Trinajstić information content (AvgIpc) is 2.30. The number of hydrogen-bond donors (Lipinski definition) is 2. The van der Waals surface area contributed by atoms with Gasteiger partial charge in [0.05, 0.1) is 0 Å². The van der Waals surface area contributed by atoms with Gasteiger partial charge in [-0.25, -0.2) is 0 Å². The lowest BCUT2D eigenvalue weighted by Crippen LogP contribution is -2.39. The van der Waals surface area contributed by atoms with E-state index in [9.17, 15) is 0 Å². The number of rotatable bonds is 3. The highest BCUT2D eigenvalue weighted by Gasteiger charge is 2.11. The standard InChI is InChI=1S/C13H20N2/c1-11-5-7-12(8-6-11)15-10-13-4-2-3-9-14-13/h5-8,13-15H,2-4,9-10H2,1H3. The molecule has 1 aromatic carbocycles. The summed E-state index contributed by atoms with van der Waals surface area (Å²) in [6.07, 6.45) is 4.01. The molecule has 2 rings (SSSR count). The maximum absolute atomic E-state index is 3.54. The van der Waals surface area contributed by atoms with Crippen molar-refractivity contribution in [2.75, 3.05) is 18.4 Å². The molecule has 2 N–H and O–H groups in total. The Balaban J connectivity index is 1.79. The van der Waals surface area contributed by atoms with E-state index in [1.54, 1.807) is 0 Å². The number of aryl methyl sites for hydroxylation is 1. The number of hydrogen-bond acceptors (Lipinski definition) is 2. The first-order valence-corrected chi connectivity index (χ1v) is 5.88. The zero-order valence-corrected chi connectivity index (χ0v) is 9.42. The highest BCUT2D eigenvalue weighted by Crippen LogP contribution is 2.11. The van der Waals surface area contributed by atoms with Crippen LogP contribution in [0.1, 0.15) is 24.8 Å². The molecule has 1 saturated heterocycles. The summed E-state index contributed by atoms with van der Waals surface area (Å²) in [5, 5.41) is 7.02. The number of anilines is 1. The first kappa shape index (κ1) is 10.5. The van der Waals surface area contributed by atoms with E-state index >= 15 is 0 Å². The lowest BCUT2D eigenvalue weighted by Gasteiger charge is -2.24. The van der Waals surface area contributed by atoms with Gasteiger partial charge in [-0.2, -0.15) is 0 Å². The Bertz CT molecular complexity index is 286. The maximum atomic E-state index is 3.54. The van der Waals surface area contributed by atoms with E-state index < -0.39 is 0 Å². The van der Waals surface area contributed by atoms with Crippen molar-refractivity contribution in [3.8, 4) is 0 Å². The molecular weight excluding hydrogens is 184 g/mol. The molecule has 0 aliphatic carbocycles. The Labute approximate surface area is 92.1 Å². The monoisotopic (exact) mass is 204 g/mol. The molecule has 1 heterocycles. The molecule has 1 atom stereocenters. The summed E-state index contributed by atoms with van der Waals surface area (Å²) in [6, 6.07) is 9.25. The summed E-state index contributed by atoms with van der Waals surface area (Å²) in [7, 11) is 0. The molecule has 0 radical (unpaired) electrons. The maximum Gasteiger partial charge on any atom is 0.0340 e. The number of benzene rings is 1. The fraction of sp³-hybridized carbons (Fsp3) is 0.538. The van der Waals surface area contributed by atoms with Crippen LogP contribution in [0, 0.1) is 6.92 Å². The predicted molar refractivity (Wildman–Crippen MR) is 65.3 cm³/mol. The summed E-state index contributed by atoms with van der Waals surface area (Å²) in [6.45, 7) is 4.34. The van der Waals surface area contributed by atoms with Crippen molar-refractivity contribution in [2.45, 2.75) is 32.2 Å². The topological polar surface area (TPSA) is 24.1 Å². The summed E-state index contributed by atoms with van der Waals surface area (Å²) in [5.41, 5.74) is 2.55. The predicted octanol–water partition coefficient (Wildman–Crippen LogP) is 2.55. The van der Waals surface area contributed by atoms with Crippen LogP contribution in [0.15, 0.2) is 24.3 Å². The van der Waals surface area contributed by atoms with Crippen LogP contribution in [0.4, 0.5) is 5.69 Å². The second kappa shape index (κ2) is 5.17. The van der Waals surface area contributed by atoms with Gasteiger partial charge >= 0.3 is 0 Å². The molecule has 1 unspecified atom stereocenters. The SMILES string of the molecule is Cc1ccc(NCC2CCCCN2)cc1. The molecule has 0 saturated carbocycles. The molecule has 1 aromatic rings. The largest absolute Gasteiger partial charge is 0.383 e. The minimum Gasteiger partial charge on any atom is -0.383 e. The van der Waals surface area contributed by atoms with Gasteiger partial charge in [0.25, 0.3) is 0 Å². The van der Waals surface area contributed by atoms with Gasteiger partial charge in [-0.05, 0) is 38.4 Å². The van der Waals surface area contributed by atoms with Gasteiger partial charge in [0, 0.05) is 18.3 Å². The van der Waals surface area contributed by atoms with Gasteiger partial charge in [0.15, 0.2) is 0 Å². The zero-order valence-electron chi connectivity index (χ0n) is 9.42. The zero-order chi connectivity index (χ0) is 10.5. The fourth-order valence-electron chi connectivity index (χ4n) is 2.01. The molecule has 1 aliphatic heterocycles. The third-order valence-electron chi connectivity index (χ3n) is 3.02. The molecule has 82 valence electrons. The minimum absolute atomic E-state index is 0.653. The van der Waals surface area contributed by atoms with Gasteiger partial charge in [0.2, 0.25) is 0 Å². The normalized spacial score (nSPS) is 21.3. The molecule has 2 heteroatoms. The second-order valence-electron chi connectivity index (χ2n) is 4.39. The smallest absolute Gasteiger partial charge is 0.0340 e. The van der Waals surface area contributed by atoms with Crippen molar-refractivity contribution in [3.63, 3.8) is 0 Å². The van der Waals surface area contributed by atoms with Gasteiger partial charge in [-0.1, -0.05) is 24.1 Å².